The number of allylic oxidation sites excluding steroid dienone is 4. The van der Waals surface area contributed by atoms with Gasteiger partial charge in [0, 0.05) is 77.3 Å². The van der Waals surface area contributed by atoms with E-state index in [4.69, 9.17) is 38.6 Å². The van der Waals surface area contributed by atoms with Gasteiger partial charge in [-0.15, -0.1) is 15.2 Å². The van der Waals surface area contributed by atoms with Crippen LogP contribution in [0.15, 0.2) is 48.6 Å². The summed E-state index contributed by atoms with van der Waals surface area (Å²) in [5, 5.41) is 3.82. The van der Waals surface area contributed by atoms with Crippen molar-refractivity contribution in [1.29, 1.82) is 0 Å². The van der Waals surface area contributed by atoms with Crippen molar-refractivity contribution in [2.45, 2.75) is 181 Å². The Kier molecular flexibility index (Phi) is 52.2. The normalized spacial score (nSPS) is 15.6. The summed E-state index contributed by atoms with van der Waals surface area (Å²) in [6.07, 6.45) is 15.2. The Morgan fingerprint density at radius 2 is 0.729 bits per heavy atom. The van der Waals surface area contributed by atoms with Gasteiger partial charge >= 0.3 is 101 Å². The van der Waals surface area contributed by atoms with Gasteiger partial charge in [0.15, 0.2) is 12.2 Å². The van der Waals surface area contributed by atoms with Gasteiger partial charge in [-0.2, -0.15) is 0 Å². The van der Waals surface area contributed by atoms with Gasteiger partial charge in [-0.3, -0.25) is 61.9 Å². The predicted octanol–water partition coefficient (Wildman–Crippen LogP) is -2.68. The zero-order chi connectivity index (χ0) is 70.3. The minimum atomic E-state index is -4.87. The number of carbonyl (C=O) groups is 14. The average Bonchev–Trinajstić information content (AvgIpc) is 1.80. The van der Waals surface area contributed by atoms with Crippen LogP contribution in [-0.2, 0) is 128 Å². The first-order valence-corrected chi connectivity index (χ1v) is 33.3. The molecule has 0 spiro atoms. The fourth-order valence-electron chi connectivity index (χ4n) is 7.11. The number of nitrogens with zero attached hydrogens (tertiary/aromatic N) is 3. The molecular formula is C58H85N5Na2O29P2. The second-order valence-electron chi connectivity index (χ2n) is 19.8. The number of imide groups is 3. The zero-order valence-electron chi connectivity index (χ0n) is 55.1. The van der Waals surface area contributed by atoms with Crippen molar-refractivity contribution in [2.75, 3.05) is 52.7 Å². The number of hydrogen-bond acceptors (Lipinski definition) is 30. The van der Waals surface area contributed by atoms with Crippen LogP contribution in [0.4, 0.5) is 0 Å². The standard InChI is InChI=1S/C27H41N2O13P.C17H30NO8P.C14H16N2O8.2Na/c1-3-5-7-12-25(33)38-19-21(41-26(34)13-8-6-4-2)20-40-43(36,37)39-18-17-28-22(30)11-9-10-14-27(35)42-29-23(31)15-16-24(29)32;1-3-5-7-9-16(19)23-13-15(26-17(20)10-8-6-4-2)14-25-27(21,22)24-12-11-18;17-9-5-6-10(18)15(9)23-13(21)3-1-2-4-14(22)24-16-11(19)7-8-12(16)20;;/h5-8,21H,3-4,9-20H2,1-2H3,(H,28,30)(H,36,37);5-8,15H,3-4,9-14,18H2,1-2H3,(H,21,22);1-8H2;;/q;;;2*+1/p-2/b2*7-5-,8-6-;;;. The number of nitrogens with one attached hydrogen (secondary N) is 1. The fraction of sp³-hybridized carbons (Fsp3) is 0.621. The number of hydrogen-bond donors (Lipinski definition) is 2. The molecule has 3 heterocycles. The Morgan fingerprint density at radius 3 is 1.03 bits per heavy atom. The van der Waals surface area contributed by atoms with E-state index in [0.717, 1.165) is 19.3 Å². The molecule has 38 heteroatoms. The second kappa shape index (κ2) is 54.3. The minimum absolute atomic E-state index is 0. The van der Waals surface area contributed by atoms with E-state index in [2.05, 4.69) is 24.0 Å². The number of ether oxygens (including phenoxy) is 4. The summed E-state index contributed by atoms with van der Waals surface area (Å²) < 4.78 is 62.7. The number of rotatable bonds is 44. The van der Waals surface area contributed by atoms with E-state index in [1.807, 2.05) is 33.8 Å². The molecule has 528 valence electrons. The summed E-state index contributed by atoms with van der Waals surface area (Å²) in [5.41, 5.74) is 5.17. The number of phosphoric ester groups is 2. The van der Waals surface area contributed by atoms with Crippen molar-refractivity contribution in [1.82, 2.24) is 20.5 Å². The van der Waals surface area contributed by atoms with Crippen LogP contribution in [0.5, 0.6) is 0 Å². The zero-order valence-corrected chi connectivity index (χ0v) is 60.9. The third kappa shape index (κ3) is 45.0. The van der Waals surface area contributed by atoms with Gasteiger partial charge in [0.2, 0.25) is 5.91 Å². The number of amides is 7. The van der Waals surface area contributed by atoms with Crippen LogP contribution < -0.4 is 80.0 Å². The van der Waals surface area contributed by atoms with E-state index in [0.29, 0.717) is 28.0 Å². The van der Waals surface area contributed by atoms with E-state index in [1.54, 1.807) is 42.5 Å². The molecule has 0 aliphatic carbocycles. The molecule has 3 aliphatic heterocycles. The largest absolute Gasteiger partial charge is 1.00 e. The van der Waals surface area contributed by atoms with Crippen molar-refractivity contribution in [3.63, 3.8) is 0 Å². The van der Waals surface area contributed by atoms with E-state index in [-0.39, 0.29) is 195 Å². The molecule has 3 aliphatic rings. The summed E-state index contributed by atoms with van der Waals surface area (Å²) in [6.45, 7) is 4.84. The van der Waals surface area contributed by atoms with Gasteiger partial charge in [-0.1, -0.05) is 76.3 Å². The van der Waals surface area contributed by atoms with E-state index < -0.39 is 137 Å². The molecular weight excluding hydrogens is 1340 g/mol. The van der Waals surface area contributed by atoms with Crippen LogP contribution in [0.2, 0.25) is 0 Å². The van der Waals surface area contributed by atoms with Gasteiger partial charge in [-0.25, -0.2) is 14.4 Å². The summed E-state index contributed by atoms with van der Waals surface area (Å²) >= 11 is 0. The molecule has 4 unspecified atom stereocenters. The van der Waals surface area contributed by atoms with Crippen molar-refractivity contribution in [3.05, 3.63) is 48.6 Å². The van der Waals surface area contributed by atoms with Crippen molar-refractivity contribution in [3.8, 4) is 0 Å². The van der Waals surface area contributed by atoms with Crippen LogP contribution >= 0.6 is 15.6 Å². The van der Waals surface area contributed by atoms with Crippen LogP contribution in [0.25, 0.3) is 0 Å². The Morgan fingerprint density at radius 1 is 0.438 bits per heavy atom. The van der Waals surface area contributed by atoms with Crippen LogP contribution in [0.1, 0.15) is 169 Å². The molecule has 0 bridgehead atoms. The molecule has 3 saturated heterocycles. The maximum absolute atomic E-state index is 12.1. The first-order valence-electron chi connectivity index (χ1n) is 30.4. The Balaban J connectivity index is 0. The van der Waals surface area contributed by atoms with Crippen LogP contribution in [-0.4, -0.2) is 163 Å². The van der Waals surface area contributed by atoms with Gasteiger partial charge in [0.25, 0.3) is 51.1 Å². The van der Waals surface area contributed by atoms with Gasteiger partial charge in [0.1, 0.15) is 13.2 Å². The third-order valence-electron chi connectivity index (χ3n) is 11.7. The number of hydroxylamine groups is 6. The van der Waals surface area contributed by atoms with Crippen molar-refractivity contribution in [2.24, 2.45) is 5.73 Å². The monoisotopic (exact) mass is 1420 g/mol. The quantitative estimate of drug-likeness (QED) is 0.0119. The van der Waals surface area contributed by atoms with Crippen LogP contribution in [0, 0.1) is 0 Å². The second-order valence-corrected chi connectivity index (χ2v) is 22.6. The smallest absolute Gasteiger partial charge is 0.756 e. The summed E-state index contributed by atoms with van der Waals surface area (Å²) in [6, 6.07) is 0. The van der Waals surface area contributed by atoms with Gasteiger partial charge in [0.05, 0.1) is 52.1 Å². The Bertz CT molecular complexity index is 2670. The molecule has 4 atom stereocenters. The number of carbonyl (C=O) groups excluding carboxylic acids is 14. The maximum Gasteiger partial charge on any atom is 1.00 e. The molecule has 3 fully saturated rings. The number of nitrogens with two attached hydrogens (primary N) is 1. The van der Waals surface area contributed by atoms with Gasteiger partial charge in [-0.05, 0) is 51.4 Å². The molecule has 3 rings (SSSR count). The SMILES string of the molecule is CC/C=C\CC(=O)OCC(COP(=O)([O-])OCCN)OC(=O)C/C=C\CC.CC/C=C\CC(=O)OCC(COP(=O)([O-])OCCNC(=O)CCCCC(=O)ON1C(=O)CCC1=O)OC(=O)C/C=C\CC.O=C(CCCCC(=O)ON1C(=O)CCC1=O)ON1C(=O)CCC1=O.[Na+].[Na+]. The topological polar surface area (TPSA) is 469 Å². The number of phosphoric acid groups is 2. The maximum atomic E-state index is 12.1. The molecule has 96 heavy (non-hydrogen) atoms. The molecule has 0 aromatic rings. The Labute approximate surface area is 600 Å². The first kappa shape index (κ1) is 92.4. The van der Waals surface area contributed by atoms with E-state index in [9.17, 15) is 86.0 Å². The average molecular weight is 1420 g/mol. The minimum Gasteiger partial charge on any atom is -0.756 e. The molecule has 34 nitrogen and oxygen atoms in total. The fourth-order valence-corrected chi connectivity index (χ4v) is 8.60. The summed E-state index contributed by atoms with van der Waals surface area (Å²) in [7, 11) is -9.45. The summed E-state index contributed by atoms with van der Waals surface area (Å²) in [5.74, 6) is -8.49. The van der Waals surface area contributed by atoms with Gasteiger partial charge < -0.3 is 72.4 Å². The predicted molar refractivity (Wildman–Crippen MR) is 317 cm³/mol. The number of unbranched alkanes of at least 4 members (excludes halogenated alkanes) is 2. The molecule has 3 N–H and O–H groups in total. The molecule has 0 aromatic heterocycles. The molecule has 0 radical (unpaired) electrons. The summed E-state index contributed by atoms with van der Waals surface area (Å²) in [4.78, 5) is 200. The molecule has 0 saturated carbocycles. The van der Waals surface area contributed by atoms with Crippen LogP contribution in [0.3, 0.4) is 0 Å². The molecule has 7 amide bonds. The Hall–Kier alpha value is -5.68. The molecule has 0 aromatic carbocycles. The number of esters is 4. The van der Waals surface area contributed by atoms with E-state index in [1.165, 1.54) is 0 Å². The van der Waals surface area contributed by atoms with E-state index >= 15 is 0 Å². The first-order chi connectivity index (χ1) is 44.7. The van der Waals surface area contributed by atoms with Crippen molar-refractivity contribution >= 4 is 98.8 Å². The third-order valence-corrected chi connectivity index (χ3v) is 13.7. The van der Waals surface area contributed by atoms with Crippen molar-refractivity contribution < 1.29 is 197 Å².